The van der Waals surface area contributed by atoms with Crippen LogP contribution in [0.3, 0.4) is 0 Å². The number of aromatic nitrogens is 1. The highest BCUT2D eigenvalue weighted by Gasteiger charge is 2.30. The highest BCUT2D eigenvalue weighted by atomic mass is 32.1. The molecule has 0 aliphatic carbocycles. The van der Waals surface area contributed by atoms with E-state index < -0.39 is 4.92 Å². The first-order valence-corrected chi connectivity index (χ1v) is 9.16. The molecular formula is C20H17FN4O2S. The third-order valence-corrected chi connectivity index (χ3v) is 5.13. The quantitative estimate of drug-likeness (QED) is 0.405. The molecule has 0 spiro atoms. The lowest BCUT2D eigenvalue weighted by Crippen LogP contribution is -2.44. The molecule has 1 N–H and O–H groups in total. The van der Waals surface area contributed by atoms with Crippen LogP contribution in [0.25, 0.3) is 0 Å². The number of hydrogen-bond acceptors (Lipinski definition) is 3. The Hall–Kier alpha value is -3.26. The lowest BCUT2D eigenvalue weighted by molar-refractivity contribution is -0.384. The van der Waals surface area contributed by atoms with E-state index in [9.17, 15) is 14.5 Å². The van der Waals surface area contributed by atoms with Crippen molar-refractivity contribution in [3.63, 3.8) is 0 Å². The van der Waals surface area contributed by atoms with Crippen LogP contribution in [-0.2, 0) is 6.54 Å². The molecule has 2 aromatic carbocycles. The predicted molar refractivity (Wildman–Crippen MR) is 109 cm³/mol. The Kier molecular flexibility index (Phi) is 4.79. The van der Waals surface area contributed by atoms with Crippen molar-refractivity contribution in [2.45, 2.75) is 12.6 Å². The summed E-state index contributed by atoms with van der Waals surface area (Å²) >= 11 is 5.62. The van der Waals surface area contributed by atoms with Crippen molar-refractivity contribution in [3.8, 4) is 0 Å². The van der Waals surface area contributed by atoms with E-state index in [-0.39, 0.29) is 17.5 Å². The minimum Gasteiger partial charge on any atom is -0.348 e. The second kappa shape index (κ2) is 7.40. The molecule has 2 heterocycles. The third-order valence-electron chi connectivity index (χ3n) is 4.79. The predicted octanol–water partition coefficient (Wildman–Crippen LogP) is 4.34. The third kappa shape index (κ3) is 3.46. The van der Waals surface area contributed by atoms with Gasteiger partial charge in [-0.25, -0.2) is 4.39 Å². The number of nitro benzene ring substituents is 1. The van der Waals surface area contributed by atoms with Crippen molar-refractivity contribution in [1.82, 2.24) is 9.47 Å². The van der Waals surface area contributed by atoms with Gasteiger partial charge in [0.1, 0.15) is 5.82 Å². The zero-order valence-electron chi connectivity index (χ0n) is 14.8. The Balaban J connectivity index is 1.67. The highest BCUT2D eigenvalue weighted by Crippen LogP contribution is 2.33. The van der Waals surface area contributed by atoms with Gasteiger partial charge in [0.2, 0.25) is 0 Å². The van der Waals surface area contributed by atoms with Crippen molar-refractivity contribution >= 4 is 28.7 Å². The number of nitro groups is 1. The zero-order valence-corrected chi connectivity index (χ0v) is 15.6. The number of rotatable bonds is 3. The van der Waals surface area contributed by atoms with Crippen molar-refractivity contribution in [2.24, 2.45) is 0 Å². The van der Waals surface area contributed by atoms with E-state index >= 15 is 0 Å². The van der Waals surface area contributed by atoms with Crippen LogP contribution in [0.15, 0.2) is 66.9 Å². The first-order chi connectivity index (χ1) is 13.5. The van der Waals surface area contributed by atoms with Gasteiger partial charge in [-0.05, 0) is 60.2 Å². The maximum Gasteiger partial charge on any atom is 0.269 e. The lowest BCUT2D eigenvalue weighted by atomic mass is 10.00. The number of hydrogen-bond donors (Lipinski definition) is 1. The molecular weight excluding hydrogens is 379 g/mol. The summed E-state index contributed by atoms with van der Waals surface area (Å²) in [5.41, 5.74) is 2.56. The Morgan fingerprint density at radius 2 is 1.93 bits per heavy atom. The number of non-ortho nitro benzene ring substituents is 1. The van der Waals surface area contributed by atoms with Gasteiger partial charge >= 0.3 is 0 Å². The Morgan fingerprint density at radius 3 is 2.64 bits per heavy atom. The van der Waals surface area contributed by atoms with Gasteiger partial charge in [0.05, 0.1) is 11.0 Å². The van der Waals surface area contributed by atoms with Crippen molar-refractivity contribution in [3.05, 3.63) is 94.0 Å². The van der Waals surface area contributed by atoms with E-state index in [1.807, 2.05) is 23.2 Å². The first kappa shape index (κ1) is 18.1. The van der Waals surface area contributed by atoms with Crippen LogP contribution >= 0.6 is 12.2 Å². The molecule has 28 heavy (non-hydrogen) atoms. The number of nitrogens with one attached hydrogen (secondary N) is 1. The molecule has 1 aliphatic rings. The topological polar surface area (TPSA) is 63.3 Å². The van der Waals surface area contributed by atoms with Crippen LogP contribution in [0.5, 0.6) is 0 Å². The molecule has 0 saturated carbocycles. The van der Waals surface area contributed by atoms with Crippen molar-refractivity contribution in [1.29, 1.82) is 0 Å². The van der Waals surface area contributed by atoms with E-state index in [0.717, 1.165) is 17.8 Å². The summed E-state index contributed by atoms with van der Waals surface area (Å²) in [6.45, 7) is 1.42. The molecule has 0 fully saturated rings. The fourth-order valence-corrected chi connectivity index (χ4v) is 3.81. The Bertz CT molecular complexity index is 1030. The van der Waals surface area contributed by atoms with Gasteiger partial charge in [-0.2, -0.15) is 0 Å². The Morgan fingerprint density at radius 1 is 1.14 bits per heavy atom. The van der Waals surface area contributed by atoms with Gasteiger partial charge in [0.15, 0.2) is 5.11 Å². The number of nitrogens with zero attached hydrogens (tertiary/aromatic N) is 3. The normalized spacial score (nSPS) is 15.8. The van der Waals surface area contributed by atoms with E-state index in [1.54, 1.807) is 24.3 Å². The van der Waals surface area contributed by atoms with Crippen LogP contribution in [0.4, 0.5) is 15.8 Å². The summed E-state index contributed by atoms with van der Waals surface area (Å²) in [6, 6.07) is 16.4. The van der Waals surface area contributed by atoms with Crippen LogP contribution in [0.2, 0.25) is 0 Å². The molecule has 8 heteroatoms. The maximum absolute atomic E-state index is 13.5. The van der Waals surface area contributed by atoms with Gasteiger partial charge in [-0.3, -0.25) is 10.1 Å². The molecule has 0 radical (unpaired) electrons. The van der Waals surface area contributed by atoms with Crippen molar-refractivity contribution < 1.29 is 9.31 Å². The molecule has 142 valence electrons. The number of thiocarbonyl (C=S) groups is 1. The summed E-state index contributed by atoms with van der Waals surface area (Å²) in [4.78, 5) is 12.6. The van der Waals surface area contributed by atoms with E-state index in [2.05, 4.69) is 9.88 Å². The zero-order chi connectivity index (χ0) is 19.7. The summed E-state index contributed by atoms with van der Waals surface area (Å²) in [6.07, 6.45) is 2.01. The van der Waals surface area contributed by atoms with Crippen molar-refractivity contribution in [2.75, 3.05) is 11.9 Å². The fourth-order valence-electron chi connectivity index (χ4n) is 3.49. The second-order valence-corrected chi connectivity index (χ2v) is 6.90. The highest BCUT2D eigenvalue weighted by molar-refractivity contribution is 7.80. The molecule has 0 amide bonds. The van der Waals surface area contributed by atoms with E-state index in [0.29, 0.717) is 17.3 Å². The molecule has 1 atom stereocenters. The summed E-state index contributed by atoms with van der Waals surface area (Å²) in [5, 5.41) is 14.6. The summed E-state index contributed by atoms with van der Waals surface area (Å²) < 4.78 is 15.7. The molecule has 6 nitrogen and oxygen atoms in total. The van der Waals surface area contributed by atoms with Gasteiger partial charge in [-0.15, -0.1) is 0 Å². The molecule has 0 bridgehead atoms. The minimum atomic E-state index is -0.415. The SMILES string of the molecule is O=[N+]([O-])c1ccc([C@@H]2c3cccn3CCN2C(=S)Nc2cccc(F)c2)cc1. The summed E-state index contributed by atoms with van der Waals surface area (Å²) in [7, 11) is 0. The van der Waals surface area contributed by atoms with Crippen LogP contribution in [-0.4, -0.2) is 26.0 Å². The second-order valence-electron chi connectivity index (χ2n) is 6.51. The van der Waals surface area contributed by atoms with E-state index in [4.69, 9.17) is 12.2 Å². The molecule has 1 aliphatic heterocycles. The average Bonchev–Trinajstić information content (AvgIpc) is 3.16. The molecule has 0 unspecified atom stereocenters. The van der Waals surface area contributed by atoms with Crippen LogP contribution < -0.4 is 5.32 Å². The lowest BCUT2D eigenvalue weighted by Gasteiger charge is -2.39. The van der Waals surface area contributed by atoms with Crippen LogP contribution in [0, 0.1) is 15.9 Å². The molecule has 3 aromatic rings. The smallest absolute Gasteiger partial charge is 0.269 e. The molecule has 0 saturated heterocycles. The van der Waals surface area contributed by atoms with Gasteiger partial charge < -0.3 is 14.8 Å². The molecule has 4 rings (SSSR count). The van der Waals surface area contributed by atoms with Gasteiger partial charge in [-0.1, -0.05) is 6.07 Å². The van der Waals surface area contributed by atoms with E-state index in [1.165, 1.54) is 24.3 Å². The number of benzene rings is 2. The largest absolute Gasteiger partial charge is 0.348 e. The van der Waals surface area contributed by atoms with Gasteiger partial charge in [0.25, 0.3) is 5.69 Å². The average molecular weight is 396 g/mol. The summed E-state index contributed by atoms with van der Waals surface area (Å²) in [5.74, 6) is -0.341. The number of halogens is 1. The maximum atomic E-state index is 13.5. The minimum absolute atomic E-state index is 0.0435. The van der Waals surface area contributed by atoms with Gasteiger partial charge in [0, 0.05) is 42.8 Å². The number of anilines is 1. The standard InChI is InChI=1S/C20H17FN4O2S/c21-15-3-1-4-16(13-15)22-20(28)24-12-11-23-10-2-5-18(23)19(24)14-6-8-17(9-7-14)25(26)27/h1-10,13,19H,11-12H2,(H,22,28)/t19-/m1/s1. The van der Waals surface area contributed by atoms with Crippen LogP contribution in [0.1, 0.15) is 17.3 Å². The monoisotopic (exact) mass is 396 g/mol. The Labute approximate surface area is 166 Å². The number of fused-ring (bicyclic) bond motifs is 1. The fraction of sp³-hybridized carbons (Fsp3) is 0.150. The first-order valence-electron chi connectivity index (χ1n) is 8.75. The molecule has 1 aromatic heterocycles.